The molecule has 0 spiro atoms. The van der Waals surface area contributed by atoms with Crippen molar-refractivity contribution in [3.63, 3.8) is 0 Å². The molecule has 3 aromatic carbocycles. The van der Waals surface area contributed by atoms with Crippen molar-refractivity contribution in [3.05, 3.63) is 83.9 Å². The highest BCUT2D eigenvalue weighted by molar-refractivity contribution is 5.85. The zero-order valence-electron chi connectivity index (χ0n) is 21.5. The number of alkyl halides is 3. The van der Waals surface area contributed by atoms with Crippen LogP contribution in [0.2, 0.25) is 0 Å². The van der Waals surface area contributed by atoms with E-state index < -0.39 is 11.7 Å². The third-order valence-corrected chi connectivity index (χ3v) is 5.78. The van der Waals surface area contributed by atoms with Gasteiger partial charge in [-0.15, -0.1) is 0 Å². The molecular weight excluding hydrogens is 539 g/mol. The van der Waals surface area contributed by atoms with Gasteiger partial charge in [0.2, 0.25) is 17.8 Å². The van der Waals surface area contributed by atoms with Crippen LogP contribution in [0.1, 0.15) is 11.1 Å². The maximum atomic E-state index is 13.0. The Morgan fingerprint density at radius 3 is 2.34 bits per heavy atom. The maximum Gasteiger partial charge on any atom is 0.416 e. The topological polar surface area (TPSA) is 133 Å². The van der Waals surface area contributed by atoms with Gasteiger partial charge in [0.1, 0.15) is 5.75 Å². The fraction of sp³-hybridized carbons (Fsp3) is 0.185. The molecule has 0 bridgehead atoms. The van der Waals surface area contributed by atoms with Crippen LogP contribution in [0, 0.1) is 0 Å². The van der Waals surface area contributed by atoms with Crippen molar-refractivity contribution in [1.82, 2.24) is 15.0 Å². The molecular formula is C27H24F3N9O2. The Morgan fingerprint density at radius 1 is 0.854 bits per heavy atom. The highest BCUT2D eigenvalue weighted by Gasteiger charge is 2.30. The normalized spacial score (nSPS) is 14.1. The van der Waals surface area contributed by atoms with Crippen LogP contribution in [0.5, 0.6) is 5.75 Å². The van der Waals surface area contributed by atoms with E-state index >= 15 is 0 Å². The number of aromatic hydroxyl groups is 1. The molecule has 0 amide bonds. The number of rotatable bonds is 8. The number of hydrazone groups is 1. The molecule has 0 saturated carbocycles. The fourth-order valence-electron chi connectivity index (χ4n) is 3.75. The van der Waals surface area contributed by atoms with Crippen LogP contribution < -0.4 is 15.6 Å². The summed E-state index contributed by atoms with van der Waals surface area (Å²) in [5.41, 5.74) is 3.35. The first kappa shape index (κ1) is 27.5. The Bertz CT molecular complexity index is 1540. The van der Waals surface area contributed by atoms with E-state index in [1.165, 1.54) is 36.5 Å². The number of aromatic nitrogens is 3. The molecule has 0 unspecified atom stereocenters. The number of hydrogen-bond donors (Lipinski definition) is 3. The van der Waals surface area contributed by atoms with Gasteiger partial charge in [0.15, 0.2) is 0 Å². The number of hydrogen-bond acceptors (Lipinski definition) is 11. The van der Waals surface area contributed by atoms with Gasteiger partial charge in [0, 0.05) is 24.3 Å². The standard InChI is InChI=1S/C27H24F3N9O2/c28-27(29,30)19-5-4-8-21(16-19)36-37-22-9-10-23(40)18(15-22)17-31-38-25-33-24(32-20-6-2-1-3-7-20)34-26(35-25)39-11-13-41-14-12-39/h1-10,15-17,40H,11-14H2,(H2,32,33,34,35,38)/b31-17-,37-36?. The van der Waals surface area contributed by atoms with E-state index in [4.69, 9.17) is 4.74 Å². The number of ether oxygens (including phenoxy) is 1. The van der Waals surface area contributed by atoms with Crippen LogP contribution in [0.4, 0.5) is 48.1 Å². The number of nitrogens with one attached hydrogen (secondary N) is 2. The van der Waals surface area contributed by atoms with Crippen LogP contribution in [0.3, 0.4) is 0 Å². The van der Waals surface area contributed by atoms with Crippen LogP contribution in [0.15, 0.2) is 88.1 Å². The lowest BCUT2D eigenvalue weighted by Gasteiger charge is -2.27. The number of phenols is 1. The van der Waals surface area contributed by atoms with E-state index in [0.29, 0.717) is 43.9 Å². The van der Waals surface area contributed by atoms with Crippen molar-refractivity contribution in [1.29, 1.82) is 0 Å². The van der Waals surface area contributed by atoms with E-state index in [-0.39, 0.29) is 22.9 Å². The lowest BCUT2D eigenvalue weighted by atomic mass is 10.2. The van der Waals surface area contributed by atoms with E-state index in [1.807, 2.05) is 35.2 Å². The predicted molar refractivity (Wildman–Crippen MR) is 148 cm³/mol. The van der Waals surface area contributed by atoms with Crippen LogP contribution in [0.25, 0.3) is 0 Å². The molecule has 1 fully saturated rings. The minimum atomic E-state index is -4.49. The second kappa shape index (κ2) is 12.4. The van der Waals surface area contributed by atoms with Gasteiger partial charge in [0.25, 0.3) is 0 Å². The number of phenolic OH excluding ortho intramolecular Hbond substituents is 1. The molecule has 1 saturated heterocycles. The van der Waals surface area contributed by atoms with Crippen molar-refractivity contribution < 1.29 is 23.0 Å². The van der Waals surface area contributed by atoms with Gasteiger partial charge >= 0.3 is 6.18 Å². The predicted octanol–water partition coefficient (Wildman–Crippen LogP) is 6.04. The van der Waals surface area contributed by atoms with Crippen LogP contribution in [-0.4, -0.2) is 52.6 Å². The average molecular weight is 564 g/mol. The molecule has 0 atom stereocenters. The molecule has 1 aliphatic heterocycles. The van der Waals surface area contributed by atoms with Crippen LogP contribution in [-0.2, 0) is 10.9 Å². The van der Waals surface area contributed by atoms with Crippen LogP contribution >= 0.6 is 0 Å². The quantitative estimate of drug-likeness (QED) is 0.134. The van der Waals surface area contributed by atoms with E-state index in [0.717, 1.165) is 17.8 Å². The molecule has 4 aromatic rings. The molecule has 11 nitrogen and oxygen atoms in total. The van der Waals surface area contributed by atoms with Gasteiger partial charge in [-0.25, -0.2) is 5.43 Å². The SMILES string of the molecule is Oc1ccc(N=Nc2cccc(C(F)(F)F)c2)cc1/C=N\Nc1nc(Nc2ccccc2)nc(N2CCOCC2)n1. The lowest BCUT2D eigenvalue weighted by Crippen LogP contribution is -2.37. The minimum absolute atomic E-state index is 0.0376. The summed E-state index contributed by atoms with van der Waals surface area (Å²) in [5.74, 6) is 0.824. The van der Waals surface area contributed by atoms with Gasteiger partial charge < -0.3 is 20.1 Å². The Balaban J connectivity index is 1.33. The molecule has 2 heterocycles. The van der Waals surface area contributed by atoms with Gasteiger partial charge in [0.05, 0.1) is 36.4 Å². The molecule has 210 valence electrons. The van der Waals surface area contributed by atoms with Crippen molar-refractivity contribution in [2.24, 2.45) is 15.3 Å². The maximum absolute atomic E-state index is 13.0. The number of halogens is 3. The lowest BCUT2D eigenvalue weighted by molar-refractivity contribution is -0.137. The smallest absolute Gasteiger partial charge is 0.416 e. The molecule has 5 rings (SSSR count). The molecule has 0 radical (unpaired) electrons. The summed E-state index contributed by atoms with van der Waals surface area (Å²) >= 11 is 0. The molecule has 41 heavy (non-hydrogen) atoms. The largest absolute Gasteiger partial charge is 0.507 e. The van der Waals surface area contributed by atoms with Crippen molar-refractivity contribution >= 4 is 41.1 Å². The number of para-hydroxylation sites is 1. The third-order valence-electron chi connectivity index (χ3n) is 5.78. The second-order valence-corrected chi connectivity index (χ2v) is 8.73. The summed E-state index contributed by atoms with van der Waals surface area (Å²) in [6, 6.07) is 18.3. The summed E-state index contributed by atoms with van der Waals surface area (Å²) in [6.45, 7) is 2.34. The average Bonchev–Trinajstić information content (AvgIpc) is 2.98. The first-order valence-corrected chi connectivity index (χ1v) is 12.5. The first-order valence-electron chi connectivity index (χ1n) is 12.5. The summed E-state index contributed by atoms with van der Waals surface area (Å²) in [6.07, 6.45) is -3.15. The summed E-state index contributed by atoms with van der Waals surface area (Å²) in [7, 11) is 0. The zero-order chi connectivity index (χ0) is 28.7. The third kappa shape index (κ3) is 7.51. The number of benzene rings is 3. The van der Waals surface area contributed by atoms with Gasteiger partial charge in [-0.05, 0) is 48.5 Å². The van der Waals surface area contributed by atoms with E-state index in [9.17, 15) is 18.3 Å². The number of nitrogens with zero attached hydrogens (tertiary/aromatic N) is 7. The Kier molecular flexibility index (Phi) is 8.29. The van der Waals surface area contributed by atoms with E-state index in [1.54, 1.807) is 0 Å². The van der Waals surface area contributed by atoms with Crippen molar-refractivity contribution in [2.75, 3.05) is 41.9 Å². The fourth-order valence-corrected chi connectivity index (χ4v) is 3.75. The summed E-state index contributed by atoms with van der Waals surface area (Å²) < 4.78 is 44.3. The van der Waals surface area contributed by atoms with Gasteiger partial charge in [-0.3, -0.25) is 0 Å². The highest BCUT2D eigenvalue weighted by atomic mass is 19.4. The first-order chi connectivity index (χ1) is 19.8. The van der Waals surface area contributed by atoms with E-state index in [2.05, 4.69) is 41.0 Å². The number of azo groups is 1. The zero-order valence-corrected chi connectivity index (χ0v) is 21.5. The molecule has 1 aliphatic rings. The van der Waals surface area contributed by atoms with Crippen molar-refractivity contribution in [2.45, 2.75) is 6.18 Å². The Labute approximate surface area is 232 Å². The summed E-state index contributed by atoms with van der Waals surface area (Å²) in [4.78, 5) is 15.4. The molecule has 1 aromatic heterocycles. The molecule has 0 aliphatic carbocycles. The summed E-state index contributed by atoms with van der Waals surface area (Å²) in [5, 5.41) is 25.5. The molecule has 3 N–H and O–H groups in total. The monoisotopic (exact) mass is 563 g/mol. The minimum Gasteiger partial charge on any atom is -0.507 e. The number of anilines is 4. The van der Waals surface area contributed by atoms with Gasteiger partial charge in [-0.2, -0.15) is 43.5 Å². The van der Waals surface area contributed by atoms with Crippen molar-refractivity contribution in [3.8, 4) is 5.75 Å². The Morgan fingerprint density at radius 2 is 1.59 bits per heavy atom. The highest BCUT2D eigenvalue weighted by Crippen LogP contribution is 2.32. The molecule has 14 heteroatoms. The Hall–Kier alpha value is -5.11. The second-order valence-electron chi connectivity index (χ2n) is 8.73. The van der Waals surface area contributed by atoms with Gasteiger partial charge in [-0.1, -0.05) is 24.3 Å². The number of morpholine rings is 1.